The summed E-state index contributed by atoms with van der Waals surface area (Å²) >= 11 is 4.95. The number of hydrogen-bond donors (Lipinski definition) is 2. The van der Waals surface area contributed by atoms with Crippen molar-refractivity contribution in [3.8, 4) is 0 Å². The van der Waals surface area contributed by atoms with E-state index in [1.54, 1.807) is 0 Å². The van der Waals surface area contributed by atoms with Gasteiger partial charge in [0.05, 0.1) is 10.4 Å². The Balaban J connectivity index is 2.51. The van der Waals surface area contributed by atoms with Gasteiger partial charge in [-0.25, -0.2) is 0 Å². The van der Waals surface area contributed by atoms with Gasteiger partial charge < -0.3 is 11.1 Å². The Morgan fingerprint density at radius 2 is 2.00 bits per heavy atom. The van der Waals surface area contributed by atoms with Crippen LogP contribution < -0.4 is 11.1 Å². The molecule has 0 spiro atoms. The molecule has 1 amide bonds. The summed E-state index contributed by atoms with van der Waals surface area (Å²) in [6.45, 7) is 9.30. The van der Waals surface area contributed by atoms with Gasteiger partial charge in [-0.05, 0) is 24.2 Å². The molecular weight excluding hydrogens is 220 g/mol. The van der Waals surface area contributed by atoms with Crippen molar-refractivity contribution < 1.29 is 4.79 Å². The van der Waals surface area contributed by atoms with Crippen LogP contribution in [0.15, 0.2) is 0 Å². The van der Waals surface area contributed by atoms with Crippen LogP contribution in [0.25, 0.3) is 0 Å². The molecule has 0 aromatic rings. The zero-order valence-electron chi connectivity index (χ0n) is 10.6. The Morgan fingerprint density at radius 1 is 1.50 bits per heavy atom. The summed E-state index contributed by atoms with van der Waals surface area (Å²) in [7, 11) is 0. The first-order valence-electron chi connectivity index (χ1n) is 5.80. The van der Waals surface area contributed by atoms with E-state index >= 15 is 0 Å². The smallest absolute Gasteiger partial charge is 0.233 e. The molecule has 0 heterocycles. The van der Waals surface area contributed by atoms with E-state index in [4.69, 9.17) is 18.0 Å². The van der Waals surface area contributed by atoms with Crippen LogP contribution in [0.1, 0.15) is 40.5 Å². The lowest BCUT2D eigenvalue weighted by atomic mass is 9.81. The molecule has 0 saturated heterocycles. The summed E-state index contributed by atoms with van der Waals surface area (Å²) in [6.07, 6.45) is 1.60. The first-order valence-corrected chi connectivity index (χ1v) is 6.21. The normalized spacial score (nSPS) is 18.3. The highest BCUT2D eigenvalue weighted by Gasteiger charge is 2.52. The molecule has 1 fully saturated rings. The molecule has 92 valence electrons. The van der Waals surface area contributed by atoms with Crippen molar-refractivity contribution in [3.05, 3.63) is 0 Å². The zero-order chi connectivity index (χ0) is 12.6. The van der Waals surface area contributed by atoms with Crippen molar-refractivity contribution in [1.82, 2.24) is 5.32 Å². The number of carbonyl (C=O) groups excluding carboxylic acids is 1. The second kappa shape index (κ2) is 4.32. The van der Waals surface area contributed by atoms with Crippen molar-refractivity contribution in [2.45, 2.75) is 40.5 Å². The maximum Gasteiger partial charge on any atom is 0.233 e. The van der Waals surface area contributed by atoms with Crippen molar-refractivity contribution in [3.63, 3.8) is 0 Å². The fourth-order valence-corrected chi connectivity index (χ4v) is 1.69. The summed E-state index contributed by atoms with van der Waals surface area (Å²) in [4.78, 5) is 12.3. The average molecular weight is 242 g/mol. The summed E-state index contributed by atoms with van der Waals surface area (Å²) < 4.78 is 0. The average Bonchev–Trinajstić information content (AvgIpc) is 2.94. The molecule has 1 aliphatic rings. The lowest BCUT2D eigenvalue weighted by Crippen LogP contribution is -2.44. The van der Waals surface area contributed by atoms with E-state index in [2.05, 4.69) is 33.0 Å². The van der Waals surface area contributed by atoms with Crippen LogP contribution in [0.2, 0.25) is 0 Å². The van der Waals surface area contributed by atoms with Gasteiger partial charge in [0.15, 0.2) is 0 Å². The number of thiocarbonyl (C=S) groups is 1. The van der Waals surface area contributed by atoms with Gasteiger partial charge in [-0.2, -0.15) is 0 Å². The lowest BCUT2D eigenvalue weighted by molar-refractivity contribution is -0.124. The molecule has 0 unspecified atom stereocenters. The third-order valence-corrected chi connectivity index (χ3v) is 4.31. The van der Waals surface area contributed by atoms with E-state index < -0.39 is 5.41 Å². The summed E-state index contributed by atoms with van der Waals surface area (Å²) in [5, 5.41) is 2.98. The zero-order valence-corrected chi connectivity index (χ0v) is 11.4. The van der Waals surface area contributed by atoms with Crippen LogP contribution in [0.3, 0.4) is 0 Å². The van der Waals surface area contributed by atoms with Gasteiger partial charge in [0.1, 0.15) is 0 Å². The number of carbonyl (C=O) groups is 1. The van der Waals surface area contributed by atoms with Gasteiger partial charge in [0.2, 0.25) is 5.91 Å². The van der Waals surface area contributed by atoms with E-state index in [1.165, 1.54) is 0 Å². The van der Waals surface area contributed by atoms with Gasteiger partial charge in [-0.15, -0.1) is 0 Å². The van der Waals surface area contributed by atoms with Crippen molar-refractivity contribution in [1.29, 1.82) is 0 Å². The van der Waals surface area contributed by atoms with Gasteiger partial charge in [0, 0.05) is 6.54 Å². The van der Waals surface area contributed by atoms with Crippen LogP contribution in [-0.2, 0) is 4.79 Å². The molecule has 0 aliphatic heterocycles. The van der Waals surface area contributed by atoms with Crippen LogP contribution >= 0.6 is 12.2 Å². The number of rotatable bonds is 5. The van der Waals surface area contributed by atoms with Crippen LogP contribution in [-0.4, -0.2) is 17.4 Å². The lowest BCUT2D eigenvalue weighted by Gasteiger charge is -2.30. The fourth-order valence-electron chi connectivity index (χ4n) is 1.39. The van der Waals surface area contributed by atoms with Gasteiger partial charge >= 0.3 is 0 Å². The maximum atomic E-state index is 12.0. The quantitative estimate of drug-likeness (QED) is 0.723. The standard InChI is InChI=1S/C12H22N2OS/c1-8(2)11(3,4)7-14-10(15)12(5-6-12)9(13)16/h8H,5-7H2,1-4H3,(H2,13,16)(H,14,15). The molecule has 3 N–H and O–H groups in total. The highest BCUT2D eigenvalue weighted by molar-refractivity contribution is 7.80. The predicted octanol–water partition coefficient (Wildman–Crippen LogP) is 1.85. The Labute approximate surface area is 103 Å². The molecule has 1 rings (SSSR count). The molecule has 0 radical (unpaired) electrons. The summed E-state index contributed by atoms with van der Waals surface area (Å²) in [5.74, 6) is 0.529. The largest absolute Gasteiger partial charge is 0.392 e. The number of hydrogen-bond acceptors (Lipinski definition) is 2. The third kappa shape index (κ3) is 2.54. The van der Waals surface area contributed by atoms with Crippen LogP contribution in [0.4, 0.5) is 0 Å². The van der Waals surface area contributed by atoms with Crippen molar-refractivity contribution >= 4 is 23.1 Å². The second-order valence-corrected chi connectivity index (χ2v) is 6.21. The van der Waals surface area contributed by atoms with Gasteiger partial charge in [-0.3, -0.25) is 4.79 Å². The molecule has 0 atom stereocenters. The van der Waals surface area contributed by atoms with Gasteiger partial charge in [0.25, 0.3) is 0 Å². The van der Waals surface area contributed by atoms with Crippen LogP contribution in [0.5, 0.6) is 0 Å². The number of amides is 1. The Bertz CT molecular complexity index is 306. The Kier molecular flexibility index (Phi) is 3.62. The molecule has 1 aliphatic carbocycles. The fraction of sp³-hybridized carbons (Fsp3) is 0.833. The van der Waals surface area contributed by atoms with E-state index in [0.717, 1.165) is 12.8 Å². The summed E-state index contributed by atoms with van der Waals surface area (Å²) in [5.41, 5.74) is 5.18. The number of nitrogens with two attached hydrogens (primary N) is 1. The molecule has 0 aromatic carbocycles. The molecule has 4 heteroatoms. The van der Waals surface area contributed by atoms with Crippen LogP contribution in [0, 0.1) is 16.7 Å². The predicted molar refractivity (Wildman–Crippen MR) is 70.1 cm³/mol. The minimum atomic E-state index is -0.525. The first kappa shape index (κ1) is 13.4. The van der Waals surface area contributed by atoms with Gasteiger partial charge in [-0.1, -0.05) is 39.9 Å². The first-order chi connectivity index (χ1) is 7.22. The SMILES string of the molecule is CC(C)C(C)(C)CNC(=O)C1(C(N)=S)CC1. The highest BCUT2D eigenvalue weighted by Crippen LogP contribution is 2.46. The maximum absolute atomic E-state index is 12.0. The molecule has 16 heavy (non-hydrogen) atoms. The minimum Gasteiger partial charge on any atom is -0.392 e. The third-order valence-electron chi connectivity index (χ3n) is 3.92. The Morgan fingerprint density at radius 3 is 2.31 bits per heavy atom. The van der Waals surface area contributed by atoms with Crippen molar-refractivity contribution in [2.24, 2.45) is 22.5 Å². The minimum absolute atomic E-state index is 0.00808. The molecule has 3 nitrogen and oxygen atoms in total. The molecule has 0 bridgehead atoms. The van der Waals surface area contributed by atoms with Crippen molar-refractivity contribution in [2.75, 3.05) is 6.54 Å². The van der Waals surface area contributed by atoms with E-state index in [0.29, 0.717) is 17.5 Å². The Hall–Kier alpha value is -0.640. The van der Waals surface area contributed by atoms with E-state index in [-0.39, 0.29) is 11.3 Å². The topological polar surface area (TPSA) is 55.1 Å². The van der Waals surface area contributed by atoms with E-state index in [9.17, 15) is 4.79 Å². The second-order valence-electron chi connectivity index (χ2n) is 5.77. The number of nitrogens with one attached hydrogen (secondary N) is 1. The van der Waals surface area contributed by atoms with E-state index in [1.807, 2.05) is 0 Å². The summed E-state index contributed by atoms with van der Waals surface area (Å²) in [6, 6.07) is 0. The monoisotopic (exact) mass is 242 g/mol. The molecule has 0 aromatic heterocycles. The highest BCUT2D eigenvalue weighted by atomic mass is 32.1. The molecule has 1 saturated carbocycles. The molecular formula is C12H22N2OS.